The molecule has 0 saturated carbocycles. The second kappa shape index (κ2) is 5.29. The van der Waals surface area contributed by atoms with Gasteiger partial charge in [-0.05, 0) is 45.8 Å². The van der Waals surface area contributed by atoms with Crippen LogP contribution in [0.15, 0.2) is 47.1 Å². The number of nitrogen functional groups attached to an aromatic ring is 1. The van der Waals surface area contributed by atoms with Crippen LogP contribution in [-0.4, -0.2) is 10.1 Å². The van der Waals surface area contributed by atoms with E-state index in [-0.39, 0.29) is 0 Å². The van der Waals surface area contributed by atoms with Gasteiger partial charge in [0.25, 0.3) is 0 Å². The topological polar surface area (TPSA) is 59.1 Å². The molecule has 1 heterocycles. The molecule has 0 aliphatic rings. The van der Waals surface area contributed by atoms with E-state index in [2.05, 4.69) is 20.9 Å². The molecule has 1 atom stereocenters. The maximum Gasteiger partial charge on any atom is 0.0845 e. The minimum Gasteiger partial charge on any atom is -0.399 e. The first-order valence-corrected chi connectivity index (χ1v) is 6.08. The third-order valence-corrected chi connectivity index (χ3v) is 2.98. The van der Waals surface area contributed by atoms with Gasteiger partial charge in [-0.3, -0.25) is 4.98 Å². The number of hydrogen-bond acceptors (Lipinski definition) is 3. The molecule has 1 aromatic heterocycles. The largest absolute Gasteiger partial charge is 0.399 e. The highest BCUT2D eigenvalue weighted by Gasteiger charge is 2.09. The SMILES string of the molecule is Nc1ccc(C(O)Cc2ccc(Br)cn2)cc1. The number of aliphatic hydroxyl groups excluding tert-OH is 1. The summed E-state index contributed by atoms with van der Waals surface area (Å²) in [5, 5.41) is 10.0. The van der Waals surface area contributed by atoms with Crippen molar-refractivity contribution in [3.05, 3.63) is 58.3 Å². The predicted molar refractivity (Wildman–Crippen MR) is 71.5 cm³/mol. The fourth-order valence-electron chi connectivity index (χ4n) is 1.56. The number of nitrogens with zero attached hydrogens (tertiary/aromatic N) is 1. The highest BCUT2D eigenvalue weighted by Crippen LogP contribution is 2.19. The van der Waals surface area contributed by atoms with Gasteiger partial charge >= 0.3 is 0 Å². The molecule has 1 unspecified atom stereocenters. The van der Waals surface area contributed by atoms with Gasteiger partial charge in [0.1, 0.15) is 0 Å². The smallest absolute Gasteiger partial charge is 0.0845 e. The Morgan fingerprint density at radius 2 is 1.88 bits per heavy atom. The number of pyridine rings is 1. The van der Waals surface area contributed by atoms with Crippen molar-refractivity contribution < 1.29 is 5.11 Å². The molecule has 0 amide bonds. The van der Waals surface area contributed by atoms with Crippen molar-refractivity contribution in [2.45, 2.75) is 12.5 Å². The highest BCUT2D eigenvalue weighted by molar-refractivity contribution is 9.10. The van der Waals surface area contributed by atoms with Crippen LogP contribution in [-0.2, 0) is 6.42 Å². The van der Waals surface area contributed by atoms with Gasteiger partial charge in [0.15, 0.2) is 0 Å². The first-order valence-electron chi connectivity index (χ1n) is 5.29. The van der Waals surface area contributed by atoms with Gasteiger partial charge in [-0.25, -0.2) is 0 Å². The molecule has 2 rings (SSSR count). The molecule has 0 spiro atoms. The maximum absolute atomic E-state index is 10.0. The first-order chi connectivity index (χ1) is 8.15. The van der Waals surface area contributed by atoms with Crippen LogP contribution in [0.4, 0.5) is 5.69 Å². The van der Waals surface area contributed by atoms with Crippen molar-refractivity contribution in [3.63, 3.8) is 0 Å². The summed E-state index contributed by atoms with van der Waals surface area (Å²) in [6.07, 6.45) is 1.67. The third-order valence-electron chi connectivity index (χ3n) is 2.51. The fraction of sp³-hybridized carbons (Fsp3) is 0.154. The Morgan fingerprint density at radius 1 is 1.18 bits per heavy atom. The number of rotatable bonds is 3. The Kier molecular flexibility index (Phi) is 3.76. The summed E-state index contributed by atoms with van der Waals surface area (Å²) in [5.74, 6) is 0. The molecule has 0 radical (unpaired) electrons. The average molecular weight is 293 g/mol. The van der Waals surface area contributed by atoms with E-state index in [0.29, 0.717) is 12.1 Å². The van der Waals surface area contributed by atoms with Crippen LogP contribution < -0.4 is 5.73 Å². The monoisotopic (exact) mass is 292 g/mol. The lowest BCUT2D eigenvalue weighted by Crippen LogP contribution is -2.03. The van der Waals surface area contributed by atoms with E-state index in [1.54, 1.807) is 18.3 Å². The molecule has 2 aromatic rings. The summed E-state index contributed by atoms with van der Waals surface area (Å²) in [6.45, 7) is 0. The lowest BCUT2D eigenvalue weighted by Gasteiger charge is -2.10. The van der Waals surface area contributed by atoms with Gasteiger partial charge in [0.05, 0.1) is 6.10 Å². The molecule has 0 fully saturated rings. The van der Waals surface area contributed by atoms with Crippen LogP contribution in [0.1, 0.15) is 17.4 Å². The zero-order valence-corrected chi connectivity index (χ0v) is 10.8. The molecule has 4 heteroatoms. The van der Waals surface area contributed by atoms with Crippen LogP contribution in [0.5, 0.6) is 0 Å². The van der Waals surface area contributed by atoms with E-state index < -0.39 is 6.10 Å². The van der Waals surface area contributed by atoms with Crippen molar-refractivity contribution in [2.24, 2.45) is 0 Å². The van der Waals surface area contributed by atoms with Crippen LogP contribution in [0.2, 0.25) is 0 Å². The summed E-state index contributed by atoms with van der Waals surface area (Å²) >= 11 is 3.33. The van der Waals surface area contributed by atoms with Gasteiger partial charge in [0, 0.05) is 28.5 Å². The van der Waals surface area contributed by atoms with Crippen LogP contribution in [0, 0.1) is 0 Å². The molecular weight excluding hydrogens is 280 g/mol. The Labute approximate surface area is 108 Å². The lowest BCUT2D eigenvalue weighted by atomic mass is 10.0. The standard InChI is InChI=1S/C13H13BrN2O/c14-10-3-6-12(16-8-10)7-13(17)9-1-4-11(15)5-2-9/h1-6,8,13,17H,7,15H2. The van der Waals surface area contributed by atoms with Gasteiger partial charge in [-0.15, -0.1) is 0 Å². The van der Waals surface area contributed by atoms with Crippen molar-refractivity contribution in [1.29, 1.82) is 0 Å². The van der Waals surface area contributed by atoms with Crippen molar-refractivity contribution in [2.75, 3.05) is 5.73 Å². The molecule has 1 aromatic carbocycles. The number of hydrogen-bond donors (Lipinski definition) is 2. The number of halogens is 1. The second-order valence-corrected chi connectivity index (χ2v) is 4.77. The highest BCUT2D eigenvalue weighted by atomic mass is 79.9. The van der Waals surface area contributed by atoms with Crippen LogP contribution in [0.25, 0.3) is 0 Å². The molecule has 3 N–H and O–H groups in total. The molecule has 0 bridgehead atoms. The van der Waals surface area contributed by atoms with E-state index in [0.717, 1.165) is 15.7 Å². The number of anilines is 1. The van der Waals surface area contributed by atoms with Crippen molar-refractivity contribution in [3.8, 4) is 0 Å². The Bertz CT molecular complexity index is 482. The molecule has 17 heavy (non-hydrogen) atoms. The minimum absolute atomic E-state index is 0.497. The van der Waals surface area contributed by atoms with Gasteiger partial charge in [0.2, 0.25) is 0 Å². The van der Waals surface area contributed by atoms with Crippen LogP contribution >= 0.6 is 15.9 Å². The Morgan fingerprint density at radius 3 is 2.47 bits per heavy atom. The summed E-state index contributed by atoms with van der Waals surface area (Å²) in [6, 6.07) is 11.0. The van der Waals surface area contributed by atoms with E-state index in [4.69, 9.17) is 5.73 Å². The number of nitrogens with two attached hydrogens (primary N) is 1. The molecule has 0 aliphatic heterocycles. The average Bonchev–Trinajstić information content (AvgIpc) is 2.33. The molecular formula is C13H13BrN2O. The predicted octanol–water partition coefficient (Wildman–Crippen LogP) is 2.70. The van der Waals surface area contributed by atoms with Crippen molar-refractivity contribution in [1.82, 2.24) is 4.98 Å². The molecule has 0 aliphatic carbocycles. The number of aromatic nitrogens is 1. The normalized spacial score (nSPS) is 12.4. The lowest BCUT2D eigenvalue weighted by molar-refractivity contribution is 0.177. The van der Waals surface area contributed by atoms with E-state index in [1.165, 1.54) is 0 Å². The fourth-order valence-corrected chi connectivity index (χ4v) is 1.80. The third kappa shape index (κ3) is 3.28. The van der Waals surface area contributed by atoms with E-state index in [1.807, 2.05) is 24.3 Å². The van der Waals surface area contributed by atoms with Gasteiger partial charge < -0.3 is 10.8 Å². The van der Waals surface area contributed by atoms with Crippen molar-refractivity contribution >= 4 is 21.6 Å². The molecule has 0 saturated heterocycles. The summed E-state index contributed by atoms with van der Waals surface area (Å²) < 4.78 is 0.934. The number of aliphatic hydroxyl groups is 1. The minimum atomic E-state index is -0.552. The number of benzene rings is 1. The zero-order chi connectivity index (χ0) is 12.3. The quantitative estimate of drug-likeness (QED) is 0.855. The molecule has 3 nitrogen and oxygen atoms in total. The van der Waals surface area contributed by atoms with Gasteiger partial charge in [-0.1, -0.05) is 12.1 Å². The maximum atomic E-state index is 10.0. The zero-order valence-electron chi connectivity index (χ0n) is 9.18. The van der Waals surface area contributed by atoms with Crippen LogP contribution in [0.3, 0.4) is 0 Å². The van der Waals surface area contributed by atoms with E-state index >= 15 is 0 Å². The summed E-state index contributed by atoms with van der Waals surface area (Å²) in [5.41, 5.74) is 8.00. The first kappa shape index (κ1) is 12.1. The summed E-state index contributed by atoms with van der Waals surface area (Å²) in [4.78, 5) is 4.23. The Hall–Kier alpha value is -1.39. The van der Waals surface area contributed by atoms with Gasteiger partial charge in [-0.2, -0.15) is 0 Å². The summed E-state index contributed by atoms with van der Waals surface area (Å²) in [7, 11) is 0. The second-order valence-electron chi connectivity index (χ2n) is 3.85. The van der Waals surface area contributed by atoms with E-state index in [9.17, 15) is 5.11 Å². The molecule has 88 valence electrons. The Balaban J connectivity index is 2.08.